The Hall–Kier alpha value is -2.14. The van der Waals surface area contributed by atoms with Gasteiger partial charge in [-0.3, -0.25) is 9.00 Å². The topological polar surface area (TPSA) is 49.4 Å². The maximum absolute atomic E-state index is 12.2. The van der Waals surface area contributed by atoms with E-state index in [2.05, 4.69) is 5.32 Å². The average Bonchev–Trinajstić information content (AvgIpc) is 2.52. The molecule has 0 saturated heterocycles. The summed E-state index contributed by atoms with van der Waals surface area (Å²) in [6, 6.07) is 15.3. The second kappa shape index (κ2) is 7.92. The van der Waals surface area contributed by atoms with Gasteiger partial charge in [-0.25, -0.2) is 0 Å². The van der Waals surface area contributed by atoms with Crippen LogP contribution in [0.3, 0.4) is 0 Å². The predicted molar refractivity (Wildman–Crippen MR) is 96.2 cm³/mol. The zero-order chi connectivity index (χ0) is 16.8. The van der Waals surface area contributed by atoms with Crippen LogP contribution in [0.4, 0.5) is 5.69 Å². The lowest BCUT2D eigenvalue weighted by Gasteiger charge is -2.13. The minimum Gasteiger partial charge on any atom is -0.378 e. The van der Waals surface area contributed by atoms with Crippen molar-refractivity contribution in [2.45, 2.75) is 12.3 Å². The lowest BCUT2D eigenvalue weighted by molar-refractivity contribution is 0.0951. The molecule has 2 rings (SSSR count). The second-order valence-electron chi connectivity index (χ2n) is 5.66. The van der Waals surface area contributed by atoms with Crippen molar-refractivity contribution in [1.82, 2.24) is 5.32 Å². The van der Waals surface area contributed by atoms with Crippen LogP contribution in [0, 0.1) is 0 Å². The molecule has 2 aromatic rings. The van der Waals surface area contributed by atoms with Gasteiger partial charge in [0.05, 0.1) is 0 Å². The molecule has 1 amide bonds. The van der Waals surface area contributed by atoms with E-state index in [0.717, 1.165) is 16.8 Å². The number of hydrogen-bond donors (Lipinski definition) is 1. The lowest BCUT2D eigenvalue weighted by Crippen LogP contribution is -2.23. The van der Waals surface area contributed by atoms with Gasteiger partial charge in [-0.15, -0.1) is 0 Å². The molecule has 0 heterocycles. The summed E-state index contributed by atoms with van der Waals surface area (Å²) in [5.41, 5.74) is 3.68. The minimum absolute atomic E-state index is 0.120. The third-order valence-corrected chi connectivity index (χ3v) is 4.20. The van der Waals surface area contributed by atoms with Crippen molar-refractivity contribution in [1.29, 1.82) is 0 Å². The highest BCUT2D eigenvalue weighted by atomic mass is 32.2. The predicted octanol–water partition coefficient (Wildman–Crippen LogP) is 2.56. The van der Waals surface area contributed by atoms with Crippen molar-refractivity contribution in [3.8, 4) is 0 Å². The van der Waals surface area contributed by atoms with Gasteiger partial charge in [0.1, 0.15) is 0 Å². The molecule has 0 aliphatic rings. The average molecular weight is 330 g/mol. The largest absolute Gasteiger partial charge is 0.378 e. The molecule has 2 aromatic carbocycles. The van der Waals surface area contributed by atoms with Gasteiger partial charge in [0.15, 0.2) is 0 Å². The smallest absolute Gasteiger partial charge is 0.251 e. The Kier molecular flexibility index (Phi) is 5.93. The quantitative estimate of drug-likeness (QED) is 0.885. The fourth-order valence-corrected chi connectivity index (χ4v) is 2.88. The maximum atomic E-state index is 12.2. The fraction of sp³-hybridized carbons (Fsp3) is 0.278. The number of amides is 1. The summed E-state index contributed by atoms with van der Waals surface area (Å²) in [5, 5.41) is 2.92. The van der Waals surface area contributed by atoms with Crippen molar-refractivity contribution in [2.24, 2.45) is 0 Å². The van der Waals surface area contributed by atoms with E-state index in [0.29, 0.717) is 17.9 Å². The minimum atomic E-state index is -0.913. The van der Waals surface area contributed by atoms with E-state index in [9.17, 15) is 9.00 Å². The number of nitrogens with zero attached hydrogens (tertiary/aromatic N) is 1. The normalized spacial score (nSPS) is 11.8. The summed E-state index contributed by atoms with van der Waals surface area (Å²) >= 11 is 0. The molecule has 0 fully saturated rings. The van der Waals surface area contributed by atoms with Crippen molar-refractivity contribution in [3.05, 3.63) is 65.2 Å². The first-order chi connectivity index (χ1) is 11.0. The Bertz CT molecular complexity index is 696. The number of carbonyl (C=O) groups is 1. The molecule has 0 aliphatic heterocycles. The standard InChI is InChI=1S/C18H22N2O2S/c1-20(2)17-9-7-14(8-10-17)12-19-18(21)16-6-4-5-15(11-16)13-23(3)22/h4-11H,12-13H2,1-3H3,(H,19,21). The highest BCUT2D eigenvalue weighted by Crippen LogP contribution is 2.12. The summed E-state index contributed by atoms with van der Waals surface area (Å²) in [4.78, 5) is 14.3. The molecule has 23 heavy (non-hydrogen) atoms. The van der Waals surface area contributed by atoms with E-state index >= 15 is 0 Å². The van der Waals surface area contributed by atoms with Crippen molar-refractivity contribution in [2.75, 3.05) is 25.3 Å². The van der Waals surface area contributed by atoms with Crippen LogP contribution in [-0.4, -0.2) is 30.5 Å². The van der Waals surface area contributed by atoms with Gasteiger partial charge in [-0.1, -0.05) is 24.3 Å². The molecule has 4 nitrogen and oxygen atoms in total. The van der Waals surface area contributed by atoms with Gasteiger partial charge in [0, 0.05) is 54.7 Å². The highest BCUT2D eigenvalue weighted by Gasteiger charge is 2.07. The van der Waals surface area contributed by atoms with Crippen LogP contribution in [0.1, 0.15) is 21.5 Å². The number of anilines is 1. The zero-order valence-electron chi connectivity index (χ0n) is 13.7. The van der Waals surface area contributed by atoms with Crippen LogP contribution < -0.4 is 10.2 Å². The molecule has 0 saturated carbocycles. The molecular weight excluding hydrogens is 308 g/mol. The van der Waals surface area contributed by atoms with Gasteiger partial charge in [0.25, 0.3) is 5.91 Å². The number of nitrogens with one attached hydrogen (secondary N) is 1. The van der Waals surface area contributed by atoms with Crippen LogP contribution >= 0.6 is 0 Å². The molecule has 0 bridgehead atoms. The summed E-state index contributed by atoms with van der Waals surface area (Å²) in [6.45, 7) is 0.483. The van der Waals surface area contributed by atoms with Crippen LogP contribution in [-0.2, 0) is 23.1 Å². The first-order valence-electron chi connectivity index (χ1n) is 7.39. The van der Waals surface area contributed by atoms with Gasteiger partial charge < -0.3 is 10.2 Å². The van der Waals surface area contributed by atoms with Crippen LogP contribution in [0.5, 0.6) is 0 Å². The third kappa shape index (κ3) is 5.21. The molecule has 5 heteroatoms. The Morgan fingerprint density at radius 2 is 1.78 bits per heavy atom. The molecule has 122 valence electrons. The number of hydrogen-bond acceptors (Lipinski definition) is 3. The number of rotatable bonds is 6. The summed E-state index contributed by atoms with van der Waals surface area (Å²) in [5.74, 6) is 0.345. The number of carbonyl (C=O) groups excluding carboxylic acids is 1. The molecule has 0 aromatic heterocycles. The van der Waals surface area contributed by atoms with Crippen molar-refractivity contribution >= 4 is 22.4 Å². The van der Waals surface area contributed by atoms with E-state index in [-0.39, 0.29) is 5.91 Å². The summed E-state index contributed by atoms with van der Waals surface area (Å²) < 4.78 is 11.3. The van der Waals surface area contributed by atoms with E-state index in [4.69, 9.17) is 0 Å². The van der Waals surface area contributed by atoms with Gasteiger partial charge in [-0.05, 0) is 35.4 Å². The molecule has 0 spiro atoms. The Morgan fingerprint density at radius 3 is 2.39 bits per heavy atom. The second-order valence-corrected chi connectivity index (χ2v) is 7.10. The molecule has 0 aliphatic carbocycles. The van der Waals surface area contributed by atoms with E-state index in [1.54, 1.807) is 18.4 Å². The third-order valence-electron chi connectivity index (χ3n) is 3.46. The molecule has 1 atom stereocenters. The Labute approximate surface area is 140 Å². The first kappa shape index (κ1) is 17.2. The fourth-order valence-electron chi connectivity index (χ4n) is 2.23. The molecule has 1 unspecified atom stereocenters. The summed E-state index contributed by atoms with van der Waals surface area (Å²) in [7, 11) is 3.07. The Balaban J connectivity index is 1.97. The SMILES string of the molecule is CN(C)c1ccc(CNC(=O)c2cccc(CS(C)=O)c2)cc1. The van der Waals surface area contributed by atoms with Crippen LogP contribution in [0.15, 0.2) is 48.5 Å². The van der Waals surface area contributed by atoms with E-state index < -0.39 is 10.8 Å². The van der Waals surface area contributed by atoms with E-state index in [1.807, 2.05) is 55.4 Å². The van der Waals surface area contributed by atoms with Crippen LogP contribution in [0.25, 0.3) is 0 Å². The summed E-state index contributed by atoms with van der Waals surface area (Å²) in [6.07, 6.45) is 1.66. The zero-order valence-corrected chi connectivity index (χ0v) is 14.5. The van der Waals surface area contributed by atoms with Crippen molar-refractivity contribution < 1.29 is 9.00 Å². The Morgan fingerprint density at radius 1 is 1.09 bits per heavy atom. The van der Waals surface area contributed by atoms with Gasteiger partial charge in [-0.2, -0.15) is 0 Å². The first-order valence-corrected chi connectivity index (χ1v) is 9.12. The number of benzene rings is 2. The molecule has 1 N–H and O–H groups in total. The van der Waals surface area contributed by atoms with E-state index in [1.165, 1.54) is 0 Å². The molecule has 0 radical (unpaired) electrons. The monoisotopic (exact) mass is 330 g/mol. The van der Waals surface area contributed by atoms with Crippen molar-refractivity contribution in [3.63, 3.8) is 0 Å². The van der Waals surface area contributed by atoms with Gasteiger partial charge in [0.2, 0.25) is 0 Å². The lowest BCUT2D eigenvalue weighted by atomic mass is 10.1. The highest BCUT2D eigenvalue weighted by molar-refractivity contribution is 7.83. The van der Waals surface area contributed by atoms with Crippen LogP contribution in [0.2, 0.25) is 0 Å². The van der Waals surface area contributed by atoms with Gasteiger partial charge >= 0.3 is 0 Å². The maximum Gasteiger partial charge on any atom is 0.251 e. The molecular formula is C18H22N2O2S.